The summed E-state index contributed by atoms with van der Waals surface area (Å²) in [6.07, 6.45) is 0.0327. The molecule has 1 atom stereocenters. The molecule has 1 amide bonds. The maximum Gasteiger partial charge on any atom is 0.326 e. The summed E-state index contributed by atoms with van der Waals surface area (Å²) in [6, 6.07) is 16.2. The van der Waals surface area contributed by atoms with Crippen molar-refractivity contribution in [2.75, 3.05) is 20.8 Å². The normalized spacial score (nSPS) is 11.2. The first-order chi connectivity index (χ1) is 17.3. The van der Waals surface area contributed by atoms with E-state index in [4.69, 9.17) is 19.5 Å². The van der Waals surface area contributed by atoms with Crippen molar-refractivity contribution >= 4 is 27.8 Å². The van der Waals surface area contributed by atoms with Crippen molar-refractivity contribution < 1.29 is 28.9 Å². The molecule has 0 bridgehead atoms. The molecule has 36 heavy (non-hydrogen) atoms. The van der Waals surface area contributed by atoms with Crippen molar-refractivity contribution in [2.24, 2.45) is 0 Å². The Balaban J connectivity index is 1.86. The number of benzene rings is 3. The summed E-state index contributed by atoms with van der Waals surface area (Å²) in [4.78, 5) is 24.9. The van der Waals surface area contributed by atoms with E-state index in [2.05, 4.69) is 27.3 Å². The molecule has 0 aromatic heterocycles. The predicted octanol–water partition coefficient (Wildman–Crippen LogP) is 4.83. The largest absolute Gasteiger partial charge is 0.496 e. The fraction of sp³-hybridized carbons (Fsp3) is 0.222. The van der Waals surface area contributed by atoms with Gasteiger partial charge < -0.3 is 24.6 Å². The Kier molecular flexibility index (Phi) is 8.92. The van der Waals surface area contributed by atoms with Crippen LogP contribution in [-0.4, -0.2) is 43.9 Å². The Morgan fingerprint density at radius 3 is 2.31 bits per heavy atom. The maximum atomic E-state index is 12.9. The Morgan fingerprint density at radius 2 is 1.69 bits per heavy atom. The summed E-state index contributed by atoms with van der Waals surface area (Å²) >= 11 is 3.34. The van der Waals surface area contributed by atoms with Crippen molar-refractivity contribution in [1.29, 1.82) is 5.26 Å². The van der Waals surface area contributed by atoms with Gasteiger partial charge >= 0.3 is 5.97 Å². The number of carboxylic acids is 1. The number of nitrogens with one attached hydrogen (secondary N) is 1. The van der Waals surface area contributed by atoms with Crippen LogP contribution < -0.4 is 19.5 Å². The molecule has 0 radical (unpaired) electrons. The topological polar surface area (TPSA) is 118 Å². The second kappa shape index (κ2) is 12.1. The number of rotatable bonds is 10. The van der Waals surface area contributed by atoms with Crippen LogP contribution in [0.4, 0.5) is 0 Å². The summed E-state index contributed by atoms with van der Waals surface area (Å²) in [5.74, 6) is -0.191. The number of carbonyl (C=O) groups is 2. The van der Waals surface area contributed by atoms with Crippen LogP contribution in [0.3, 0.4) is 0 Å². The molecular weight excluding hydrogens is 528 g/mol. The van der Waals surface area contributed by atoms with Crippen molar-refractivity contribution in [3.05, 3.63) is 75.8 Å². The highest BCUT2D eigenvalue weighted by molar-refractivity contribution is 9.10. The molecule has 3 rings (SSSR count). The number of aliphatic carboxylic acids is 1. The van der Waals surface area contributed by atoms with Gasteiger partial charge in [0, 0.05) is 22.0 Å². The Bertz CT molecular complexity index is 1320. The van der Waals surface area contributed by atoms with Gasteiger partial charge in [0.15, 0.2) is 0 Å². The van der Waals surface area contributed by atoms with Gasteiger partial charge in [-0.15, -0.1) is 0 Å². The highest BCUT2D eigenvalue weighted by Gasteiger charge is 2.23. The fourth-order valence-corrected chi connectivity index (χ4v) is 4.10. The van der Waals surface area contributed by atoms with Crippen molar-refractivity contribution in [1.82, 2.24) is 5.32 Å². The highest BCUT2D eigenvalue weighted by atomic mass is 79.9. The zero-order valence-electron chi connectivity index (χ0n) is 20.0. The number of methoxy groups -OCH3 is 2. The molecule has 8 nitrogen and oxygen atoms in total. The van der Waals surface area contributed by atoms with Gasteiger partial charge in [-0.2, -0.15) is 5.26 Å². The summed E-state index contributed by atoms with van der Waals surface area (Å²) in [5.41, 5.74) is 2.83. The van der Waals surface area contributed by atoms with Gasteiger partial charge in [0.1, 0.15) is 23.3 Å². The van der Waals surface area contributed by atoms with E-state index in [0.29, 0.717) is 39.5 Å². The summed E-state index contributed by atoms with van der Waals surface area (Å²) < 4.78 is 17.0. The van der Waals surface area contributed by atoms with Crippen molar-refractivity contribution in [3.63, 3.8) is 0 Å². The third-order valence-electron chi connectivity index (χ3n) is 5.42. The molecule has 3 aromatic rings. The molecular formula is C27H25BrN2O6. The minimum absolute atomic E-state index is 0.0327. The highest BCUT2D eigenvalue weighted by Crippen LogP contribution is 2.37. The van der Waals surface area contributed by atoms with E-state index in [1.165, 1.54) is 14.2 Å². The van der Waals surface area contributed by atoms with E-state index in [1.807, 2.05) is 6.92 Å². The molecule has 2 N–H and O–H groups in total. The van der Waals surface area contributed by atoms with Gasteiger partial charge in [0.25, 0.3) is 5.91 Å². The number of hydrogen-bond donors (Lipinski definition) is 2. The van der Waals surface area contributed by atoms with Gasteiger partial charge in [0.2, 0.25) is 0 Å². The molecule has 0 aliphatic heterocycles. The van der Waals surface area contributed by atoms with Gasteiger partial charge in [-0.1, -0.05) is 12.1 Å². The third kappa shape index (κ3) is 6.15. The van der Waals surface area contributed by atoms with E-state index < -0.39 is 17.9 Å². The lowest BCUT2D eigenvalue weighted by Crippen LogP contribution is -2.42. The lowest BCUT2D eigenvalue weighted by Gasteiger charge is -2.18. The first-order valence-electron chi connectivity index (χ1n) is 11.0. The van der Waals surface area contributed by atoms with Gasteiger partial charge in [0.05, 0.1) is 38.0 Å². The number of nitrogens with zero attached hydrogens (tertiary/aromatic N) is 1. The van der Waals surface area contributed by atoms with Crippen LogP contribution in [0.5, 0.6) is 17.2 Å². The zero-order chi connectivity index (χ0) is 26.2. The Hall–Kier alpha value is -4.03. The van der Waals surface area contributed by atoms with E-state index in [0.717, 1.165) is 11.1 Å². The molecule has 186 valence electrons. The molecule has 0 spiro atoms. The Labute approximate surface area is 217 Å². The molecule has 0 saturated heterocycles. The number of nitriles is 1. The van der Waals surface area contributed by atoms with Crippen LogP contribution in [-0.2, 0) is 11.2 Å². The molecule has 9 heteroatoms. The van der Waals surface area contributed by atoms with Crippen molar-refractivity contribution in [2.45, 2.75) is 19.4 Å². The molecule has 0 aliphatic carbocycles. The average Bonchev–Trinajstić information content (AvgIpc) is 2.88. The summed E-state index contributed by atoms with van der Waals surface area (Å²) in [6.45, 7) is 2.27. The molecule has 0 unspecified atom stereocenters. The van der Waals surface area contributed by atoms with Gasteiger partial charge in [-0.3, -0.25) is 4.79 Å². The van der Waals surface area contributed by atoms with Crippen LogP contribution in [0.1, 0.15) is 28.4 Å². The van der Waals surface area contributed by atoms with Crippen molar-refractivity contribution in [3.8, 4) is 34.4 Å². The number of halogens is 1. The van der Waals surface area contributed by atoms with Crippen LogP contribution >= 0.6 is 15.9 Å². The summed E-state index contributed by atoms with van der Waals surface area (Å²) in [5, 5.41) is 21.5. The quantitative estimate of drug-likeness (QED) is 0.369. The standard InChI is InChI=1S/C27H25BrN2O6/c1-4-36-18-7-10-22(28)21(14-18)26(31)30-23(27(32)33)11-16-5-8-19(24(12-16)34-2)20-9-6-17(15-29)13-25(20)35-3/h5-10,12-14,23H,4,11H2,1-3H3,(H,30,31)(H,32,33)/t23-/m0/s1. The first kappa shape index (κ1) is 26.6. The fourth-order valence-electron chi connectivity index (χ4n) is 3.68. The van der Waals surface area contributed by atoms with Gasteiger partial charge in [-0.25, -0.2) is 4.79 Å². The third-order valence-corrected chi connectivity index (χ3v) is 6.11. The van der Waals surface area contributed by atoms with E-state index in [1.54, 1.807) is 54.6 Å². The molecule has 0 saturated carbocycles. The number of amides is 1. The molecule has 3 aromatic carbocycles. The van der Waals surface area contributed by atoms with E-state index in [-0.39, 0.29) is 12.0 Å². The number of ether oxygens (including phenoxy) is 3. The SMILES string of the molecule is CCOc1ccc(Br)c(C(=O)N[C@@H](Cc2ccc(-c3ccc(C#N)cc3OC)c(OC)c2)C(=O)O)c1. The lowest BCUT2D eigenvalue weighted by molar-refractivity contribution is -0.139. The number of hydrogen-bond acceptors (Lipinski definition) is 6. The number of carboxylic acid groups (broad SMARTS) is 1. The molecule has 0 fully saturated rings. The monoisotopic (exact) mass is 552 g/mol. The van der Waals surface area contributed by atoms with Crippen LogP contribution in [0.2, 0.25) is 0 Å². The lowest BCUT2D eigenvalue weighted by atomic mass is 9.97. The first-order valence-corrected chi connectivity index (χ1v) is 11.8. The second-order valence-corrected chi connectivity index (χ2v) is 8.56. The van der Waals surface area contributed by atoms with Gasteiger partial charge in [-0.05, 0) is 70.9 Å². The van der Waals surface area contributed by atoms with E-state index in [9.17, 15) is 14.7 Å². The number of carbonyl (C=O) groups excluding carboxylic acids is 1. The minimum atomic E-state index is -1.18. The predicted molar refractivity (Wildman–Crippen MR) is 138 cm³/mol. The average molecular weight is 553 g/mol. The molecule has 0 aliphatic rings. The van der Waals surface area contributed by atoms with Crippen LogP contribution in [0.25, 0.3) is 11.1 Å². The summed E-state index contributed by atoms with van der Waals surface area (Å²) in [7, 11) is 3.03. The van der Waals surface area contributed by atoms with E-state index >= 15 is 0 Å². The smallest absolute Gasteiger partial charge is 0.326 e. The minimum Gasteiger partial charge on any atom is -0.496 e. The van der Waals surface area contributed by atoms with Crippen LogP contribution in [0, 0.1) is 11.3 Å². The second-order valence-electron chi connectivity index (χ2n) is 7.70. The zero-order valence-corrected chi connectivity index (χ0v) is 21.6. The Morgan fingerprint density at radius 1 is 1.03 bits per heavy atom. The molecule has 0 heterocycles. The maximum absolute atomic E-state index is 12.9. The van der Waals surface area contributed by atoms with Crippen LogP contribution in [0.15, 0.2) is 59.1 Å².